The van der Waals surface area contributed by atoms with Crippen LogP contribution in [0.4, 0.5) is 0 Å². The average molecular weight is 484 g/mol. The number of hydrogen-bond donors (Lipinski definition) is 2. The monoisotopic (exact) mass is 483 g/mol. The Kier molecular flexibility index (Phi) is 25.0. The van der Waals surface area contributed by atoms with Crippen LogP contribution in [0.5, 0.6) is 0 Å². The zero-order chi connectivity index (χ0) is 25.3. The number of hydrogen-bond acceptors (Lipinski definition) is 3. The number of unbranched alkanes of at least 4 members (excludes halogenated alkanes) is 15. The number of nitrogens with zero attached hydrogens (tertiary/aromatic N) is 1. The van der Waals surface area contributed by atoms with Crippen molar-refractivity contribution < 1.29 is 15.0 Å². The molecule has 4 heteroatoms. The van der Waals surface area contributed by atoms with Crippen molar-refractivity contribution in [3.63, 3.8) is 0 Å². The summed E-state index contributed by atoms with van der Waals surface area (Å²) in [6.45, 7) is 8.55. The molecule has 0 bridgehead atoms. The largest absolute Gasteiger partial charge is 0.390 e. The number of rotatable bonds is 26. The van der Waals surface area contributed by atoms with Gasteiger partial charge in [0.15, 0.2) is 0 Å². The van der Waals surface area contributed by atoms with E-state index in [1.165, 1.54) is 64.2 Å². The second kappa shape index (κ2) is 25.5. The van der Waals surface area contributed by atoms with Crippen molar-refractivity contribution in [3.05, 3.63) is 0 Å². The maximum atomic E-state index is 12.7. The van der Waals surface area contributed by atoms with Gasteiger partial charge in [0, 0.05) is 19.5 Å². The maximum absolute atomic E-state index is 12.7. The molecule has 0 aromatic rings. The van der Waals surface area contributed by atoms with Gasteiger partial charge >= 0.3 is 0 Å². The van der Waals surface area contributed by atoms with E-state index in [2.05, 4.69) is 25.7 Å². The lowest BCUT2D eigenvalue weighted by molar-refractivity contribution is -0.131. The highest BCUT2D eigenvalue weighted by atomic mass is 16.3. The summed E-state index contributed by atoms with van der Waals surface area (Å²) in [7, 11) is 0. The highest BCUT2D eigenvalue weighted by Gasteiger charge is 2.15. The summed E-state index contributed by atoms with van der Waals surface area (Å²) < 4.78 is 0. The maximum Gasteiger partial charge on any atom is 0.222 e. The van der Waals surface area contributed by atoms with Crippen molar-refractivity contribution in [2.75, 3.05) is 13.1 Å². The third-order valence-electron chi connectivity index (χ3n) is 7.10. The van der Waals surface area contributed by atoms with Gasteiger partial charge in [-0.1, -0.05) is 124 Å². The van der Waals surface area contributed by atoms with Gasteiger partial charge in [0.1, 0.15) is 0 Å². The molecule has 0 saturated carbocycles. The van der Waals surface area contributed by atoms with E-state index in [-0.39, 0.29) is 0 Å². The first-order valence-corrected chi connectivity index (χ1v) is 15.2. The van der Waals surface area contributed by atoms with Crippen molar-refractivity contribution in [1.29, 1.82) is 0 Å². The smallest absolute Gasteiger partial charge is 0.222 e. The van der Waals surface area contributed by atoms with E-state index in [0.717, 1.165) is 77.3 Å². The molecule has 0 aliphatic rings. The molecule has 2 unspecified atom stereocenters. The minimum absolute atomic E-state index is 0.348. The van der Waals surface area contributed by atoms with Gasteiger partial charge in [-0.3, -0.25) is 4.79 Å². The quantitative estimate of drug-likeness (QED) is 0.122. The molecule has 0 aromatic carbocycles. The van der Waals surface area contributed by atoms with E-state index >= 15 is 0 Å². The van der Waals surface area contributed by atoms with Crippen LogP contribution in [0, 0.1) is 0 Å². The lowest BCUT2D eigenvalue weighted by atomic mass is 9.99. The van der Waals surface area contributed by atoms with Crippen LogP contribution in [-0.2, 0) is 4.79 Å². The molecule has 204 valence electrons. The van der Waals surface area contributed by atoms with Crippen molar-refractivity contribution in [1.82, 2.24) is 4.90 Å². The fraction of sp³-hybridized carbons (Fsp3) is 0.967. The van der Waals surface area contributed by atoms with Crippen LogP contribution in [0.3, 0.4) is 0 Å². The minimum Gasteiger partial charge on any atom is -0.390 e. The Morgan fingerprint density at radius 3 is 1.32 bits per heavy atom. The van der Waals surface area contributed by atoms with Gasteiger partial charge in [-0.05, 0) is 32.1 Å². The van der Waals surface area contributed by atoms with E-state index < -0.39 is 12.2 Å². The molecule has 34 heavy (non-hydrogen) atoms. The van der Waals surface area contributed by atoms with Crippen molar-refractivity contribution >= 4 is 5.91 Å². The van der Waals surface area contributed by atoms with E-state index in [1.54, 1.807) is 0 Å². The molecule has 0 aliphatic heterocycles. The van der Waals surface area contributed by atoms with Crippen LogP contribution in [-0.4, -0.2) is 46.3 Å². The minimum atomic E-state index is -0.578. The van der Waals surface area contributed by atoms with Gasteiger partial charge in [-0.2, -0.15) is 0 Å². The lowest BCUT2D eigenvalue weighted by Gasteiger charge is -2.23. The molecule has 4 nitrogen and oxygen atoms in total. The molecule has 1 amide bonds. The van der Waals surface area contributed by atoms with Crippen molar-refractivity contribution in [3.8, 4) is 0 Å². The van der Waals surface area contributed by atoms with Crippen molar-refractivity contribution in [2.45, 2.75) is 174 Å². The topological polar surface area (TPSA) is 60.8 Å². The zero-order valence-electron chi connectivity index (χ0n) is 23.4. The molecule has 0 aliphatic carbocycles. The van der Waals surface area contributed by atoms with E-state index in [4.69, 9.17) is 0 Å². The molecule has 0 aromatic heterocycles. The lowest BCUT2D eigenvalue weighted by Crippen LogP contribution is -2.32. The molecule has 2 atom stereocenters. The van der Waals surface area contributed by atoms with Gasteiger partial charge in [0.05, 0.1) is 12.2 Å². The fourth-order valence-electron chi connectivity index (χ4n) is 4.66. The van der Waals surface area contributed by atoms with Crippen LogP contribution in [0.15, 0.2) is 0 Å². The molecule has 0 heterocycles. The van der Waals surface area contributed by atoms with E-state index in [0.29, 0.717) is 18.7 Å². The number of amides is 1. The summed E-state index contributed by atoms with van der Waals surface area (Å²) in [5.41, 5.74) is 0. The second-order valence-corrected chi connectivity index (χ2v) is 10.5. The SMILES string of the molecule is CCCCCCCCC(O)C(O)CCCCCCCC(=O)N(CCCCCC)CCCCCC. The fourth-order valence-corrected chi connectivity index (χ4v) is 4.66. The molecular weight excluding hydrogens is 422 g/mol. The van der Waals surface area contributed by atoms with E-state index in [1.807, 2.05) is 0 Å². The van der Waals surface area contributed by atoms with Gasteiger partial charge in [0.25, 0.3) is 0 Å². The normalized spacial score (nSPS) is 13.2. The Bertz CT molecular complexity index is 417. The summed E-state index contributed by atoms with van der Waals surface area (Å²) in [6.07, 6.45) is 23.2. The first-order valence-electron chi connectivity index (χ1n) is 15.2. The van der Waals surface area contributed by atoms with Crippen LogP contribution in [0.25, 0.3) is 0 Å². The number of aliphatic hydroxyl groups is 2. The summed E-state index contributed by atoms with van der Waals surface area (Å²) >= 11 is 0. The Balaban J connectivity index is 3.87. The third-order valence-corrected chi connectivity index (χ3v) is 7.10. The Morgan fingerprint density at radius 1 is 0.529 bits per heavy atom. The Labute approximate surface area is 213 Å². The highest BCUT2D eigenvalue weighted by molar-refractivity contribution is 5.76. The predicted octanol–water partition coefficient (Wildman–Crippen LogP) is 8.18. The number of carbonyl (C=O) groups excluding carboxylic acids is 1. The van der Waals surface area contributed by atoms with Gasteiger partial charge in [0.2, 0.25) is 5.91 Å². The summed E-state index contributed by atoms with van der Waals surface area (Å²) in [5, 5.41) is 20.4. The van der Waals surface area contributed by atoms with Crippen molar-refractivity contribution in [2.24, 2.45) is 0 Å². The standard InChI is InChI=1S/C30H61NO3/c1-4-7-10-13-15-18-23-28(32)29(33)24-19-16-14-17-20-25-30(34)31(26-21-11-8-5-2)27-22-12-9-6-3/h28-29,32-33H,4-27H2,1-3H3. The molecule has 0 rings (SSSR count). The first-order chi connectivity index (χ1) is 16.6. The van der Waals surface area contributed by atoms with Crippen LogP contribution >= 0.6 is 0 Å². The van der Waals surface area contributed by atoms with E-state index in [9.17, 15) is 15.0 Å². The molecule has 0 radical (unpaired) electrons. The Hall–Kier alpha value is -0.610. The zero-order valence-corrected chi connectivity index (χ0v) is 23.4. The highest BCUT2D eigenvalue weighted by Crippen LogP contribution is 2.16. The molecule has 0 spiro atoms. The van der Waals surface area contributed by atoms with Gasteiger partial charge in [-0.25, -0.2) is 0 Å². The van der Waals surface area contributed by atoms with Crippen LogP contribution in [0.1, 0.15) is 162 Å². The number of carbonyl (C=O) groups is 1. The molecular formula is C30H61NO3. The van der Waals surface area contributed by atoms with Gasteiger partial charge in [-0.15, -0.1) is 0 Å². The summed E-state index contributed by atoms with van der Waals surface area (Å²) in [6, 6.07) is 0. The third kappa shape index (κ3) is 20.7. The predicted molar refractivity (Wildman–Crippen MR) is 147 cm³/mol. The average Bonchev–Trinajstić information content (AvgIpc) is 2.84. The second-order valence-electron chi connectivity index (χ2n) is 10.5. The van der Waals surface area contributed by atoms with Crippen LogP contribution < -0.4 is 0 Å². The first kappa shape index (κ1) is 33.4. The number of aliphatic hydroxyl groups excluding tert-OH is 2. The van der Waals surface area contributed by atoms with Crippen LogP contribution in [0.2, 0.25) is 0 Å². The Morgan fingerprint density at radius 2 is 0.882 bits per heavy atom. The van der Waals surface area contributed by atoms with Gasteiger partial charge < -0.3 is 15.1 Å². The molecule has 0 saturated heterocycles. The summed E-state index contributed by atoms with van der Waals surface area (Å²) in [4.78, 5) is 14.9. The molecule has 2 N–H and O–H groups in total. The summed E-state index contributed by atoms with van der Waals surface area (Å²) in [5.74, 6) is 0.348. The molecule has 0 fully saturated rings.